The second-order valence-corrected chi connectivity index (χ2v) is 4.48. The molecule has 0 bridgehead atoms. The zero-order chi connectivity index (χ0) is 12.3. The molecule has 0 aliphatic rings. The molecular weight excluding hydrogens is 234 g/mol. The Hall–Kier alpha value is -2.00. The smallest absolute Gasteiger partial charge is 0.158 e. The van der Waals surface area contributed by atoms with Crippen molar-refractivity contribution >= 4 is 17.2 Å². The van der Waals surface area contributed by atoms with Crippen LogP contribution in [0.5, 0.6) is 0 Å². The van der Waals surface area contributed by atoms with Gasteiger partial charge < -0.3 is 5.32 Å². The van der Waals surface area contributed by atoms with Gasteiger partial charge in [0, 0.05) is 11.1 Å². The van der Waals surface area contributed by atoms with Gasteiger partial charge >= 0.3 is 0 Å². The second-order valence-electron chi connectivity index (χ2n) is 3.59. The minimum absolute atomic E-state index is 0.0796. The van der Waals surface area contributed by atoms with Gasteiger partial charge in [0.05, 0.1) is 18.4 Å². The van der Waals surface area contributed by atoms with Gasteiger partial charge in [-0.15, -0.1) is 11.3 Å². The lowest BCUT2D eigenvalue weighted by Crippen LogP contribution is -2.08. The highest BCUT2D eigenvalue weighted by atomic mass is 32.1. The first kappa shape index (κ1) is 11.5. The zero-order valence-electron chi connectivity index (χ0n) is 9.51. The minimum atomic E-state index is 0.0796. The highest BCUT2D eigenvalue weighted by Crippen LogP contribution is 2.20. The molecule has 6 heteroatoms. The highest BCUT2D eigenvalue weighted by Gasteiger charge is 2.09. The van der Waals surface area contributed by atoms with Gasteiger partial charge in [-0.2, -0.15) is 5.26 Å². The summed E-state index contributed by atoms with van der Waals surface area (Å²) < 4.78 is 0. The average Bonchev–Trinajstić information content (AvgIpc) is 2.77. The van der Waals surface area contributed by atoms with Crippen molar-refractivity contribution in [1.82, 2.24) is 15.0 Å². The van der Waals surface area contributed by atoms with Crippen LogP contribution in [0.25, 0.3) is 0 Å². The summed E-state index contributed by atoms with van der Waals surface area (Å²) in [5.41, 5.74) is 1.33. The van der Waals surface area contributed by atoms with Crippen LogP contribution in [0.3, 0.4) is 0 Å². The molecule has 0 aliphatic heterocycles. The molecule has 2 heterocycles. The van der Waals surface area contributed by atoms with Crippen LogP contribution in [0.1, 0.15) is 29.4 Å². The van der Waals surface area contributed by atoms with Crippen molar-refractivity contribution in [3.05, 3.63) is 34.2 Å². The van der Waals surface area contributed by atoms with E-state index in [2.05, 4.69) is 20.3 Å². The standard InChI is InChI=1S/C11H11N5S/c1-7-6-17-11(15-7)8(2)16-10-5-13-9(3-12)4-14-10/h4-6,8H,1-2H3,(H,14,16). The molecule has 5 nitrogen and oxygen atoms in total. The molecule has 0 aliphatic carbocycles. The normalized spacial score (nSPS) is 11.8. The molecule has 0 radical (unpaired) electrons. The molecule has 0 aromatic carbocycles. The van der Waals surface area contributed by atoms with Gasteiger partial charge in [-0.25, -0.2) is 15.0 Å². The predicted molar refractivity (Wildman–Crippen MR) is 65.6 cm³/mol. The lowest BCUT2D eigenvalue weighted by molar-refractivity contribution is 0.852. The summed E-state index contributed by atoms with van der Waals surface area (Å²) in [7, 11) is 0. The Labute approximate surface area is 103 Å². The Morgan fingerprint density at radius 2 is 2.24 bits per heavy atom. The van der Waals surface area contributed by atoms with E-state index in [-0.39, 0.29) is 6.04 Å². The van der Waals surface area contributed by atoms with Gasteiger partial charge in [0.25, 0.3) is 0 Å². The third-order valence-corrected chi connectivity index (χ3v) is 3.28. The minimum Gasteiger partial charge on any atom is -0.360 e. The van der Waals surface area contributed by atoms with Crippen LogP contribution in [0.4, 0.5) is 5.82 Å². The Morgan fingerprint density at radius 3 is 2.76 bits per heavy atom. The summed E-state index contributed by atoms with van der Waals surface area (Å²) in [4.78, 5) is 12.4. The Bertz CT molecular complexity index is 540. The third kappa shape index (κ3) is 2.77. The van der Waals surface area contributed by atoms with Crippen LogP contribution in [-0.4, -0.2) is 15.0 Å². The maximum atomic E-state index is 8.61. The summed E-state index contributed by atoms with van der Waals surface area (Å²) in [6.45, 7) is 3.98. The van der Waals surface area contributed by atoms with E-state index >= 15 is 0 Å². The molecular formula is C11H11N5S. The topological polar surface area (TPSA) is 74.5 Å². The number of rotatable bonds is 3. The molecule has 17 heavy (non-hydrogen) atoms. The molecule has 1 unspecified atom stereocenters. The van der Waals surface area contributed by atoms with Gasteiger partial charge in [0.2, 0.25) is 0 Å². The third-order valence-electron chi connectivity index (χ3n) is 2.14. The fourth-order valence-corrected chi connectivity index (χ4v) is 2.12. The predicted octanol–water partition coefficient (Wildman–Crippen LogP) is 2.29. The van der Waals surface area contributed by atoms with Crippen molar-refractivity contribution in [3.8, 4) is 6.07 Å². The molecule has 0 saturated heterocycles. The Balaban J connectivity index is 2.08. The summed E-state index contributed by atoms with van der Waals surface area (Å²) in [5.74, 6) is 0.643. The highest BCUT2D eigenvalue weighted by molar-refractivity contribution is 7.09. The fourth-order valence-electron chi connectivity index (χ4n) is 1.31. The number of nitrogens with zero attached hydrogens (tertiary/aromatic N) is 4. The maximum Gasteiger partial charge on any atom is 0.158 e. The van der Waals surface area contributed by atoms with E-state index in [9.17, 15) is 0 Å². The zero-order valence-corrected chi connectivity index (χ0v) is 10.3. The van der Waals surface area contributed by atoms with Crippen molar-refractivity contribution in [2.24, 2.45) is 0 Å². The average molecular weight is 245 g/mol. The number of hydrogen-bond donors (Lipinski definition) is 1. The maximum absolute atomic E-state index is 8.61. The number of nitrogens with one attached hydrogen (secondary N) is 1. The number of hydrogen-bond acceptors (Lipinski definition) is 6. The first-order valence-corrected chi connectivity index (χ1v) is 5.97. The number of aryl methyl sites for hydroxylation is 1. The van der Waals surface area contributed by atoms with E-state index in [1.54, 1.807) is 17.5 Å². The van der Waals surface area contributed by atoms with E-state index in [0.29, 0.717) is 11.5 Å². The fraction of sp³-hybridized carbons (Fsp3) is 0.273. The lowest BCUT2D eigenvalue weighted by Gasteiger charge is -2.10. The van der Waals surface area contributed by atoms with E-state index in [4.69, 9.17) is 5.26 Å². The quantitative estimate of drug-likeness (QED) is 0.898. The van der Waals surface area contributed by atoms with Crippen LogP contribution in [0.2, 0.25) is 0 Å². The molecule has 0 saturated carbocycles. The van der Waals surface area contributed by atoms with E-state index in [1.165, 1.54) is 6.20 Å². The molecule has 2 rings (SSSR count). The van der Waals surface area contributed by atoms with Crippen LogP contribution in [-0.2, 0) is 0 Å². The summed E-state index contributed by atoms with van der Waals surface area (Å²) in [6, 6.07) is 2.01. The van der Waals surface area contributed by atoms with Gasteiger partial charge in [0.15, 0.2) is 5.69 Å². The van der Waals surface area contributed by atoms with E-state index in [0.717, 1.165) is 10.7 Å². The molecule has 0 amide bonds. The Morgan fingerprint density at radius 1 is 1.41 bits per heavy atom. The first-order valence-electron chi connectivity index (χ1n) is 5.09. The van der Waals surface area contributed by atoms with Crippen molar-refractivity contribution in [2.45, 2.75) is 19.9 Å². The summed E-state index contributed by atoms with van der Waals surface area (Å²) >= 11 is 1.61. The van der Waals surface area contributed by atoms with Crippen LogP contribution >= 0.6 is 11.3 Å². The lowest BCUT2D eigenvalue weighted by atomic mass is 10.3. The molecule has 1 atom stereocenters. The molecule has 2 aromatic rings. The number of anilines is 1. The number of thiazole rings is 1. The van der Waals surface area contributed by atoms with Crippen molar-refractivity contribution in [3.63, 3.8) is 0 Å². The molecule has 86 valence electrons. The second kappa shape index (κ2) is 4.89. The van der Waals surface area contributed by atoms with E-state index < -0.39 is 0 Å². The van der Waals surface area contributed by atoms with Crippen LogP contribution < -0.4 is 5.32 Å². The van der Waals surface area contributed by atoms with Gasteiger partial charge in [0.1, 0.15) is 16.9 Å². The van der Waals surface area contributed by atoms with Gasteiger partial charge in [-0.05, 0) is 13.8 Å². The van der Waals surface area contributed by atoms with Crippen molar-refractivity contribution in [2.75, 3.05) is 5.32 Å². The largest absolute Gasteiger partial charge is 0.360 e. The molecule has 0 fully saturated rings. The Kier molecular flexibility index (Phi) is 3.30. The van der Waals surface area contributed by atoms with Crippen molar-refractivity contribution in [1.29, 1.82) is 5.26 Å². The van der Waals surface area contributed by atoms with Crippen molar-refractivity contribution < 1.29 is 0 Å². The first-order chi connectivity index (χ1) is 8.19. The molecule has 0 spiro atoms. The van der Waals surface area contributed by atoms with Crippen LogP contribution in [0, 0.1) is 18.3 Å². The SMILES string of the molecule is Cc1csc(C(C)Nc2cnc(C#N)cn2)n1. The van der Waals surface area contributed by atoms with Gasteiger partial charge in [-0.3, -0.25) is 0 Å². The number of aromatic nitrogens is 3. The number of nitriles is 1. The summed E-state index contributed by atoms with van der Waals surface area (Å²) in [5, 5.41) is 14.8. The molecule has 1 N–H and O–H groups in total. The van der Waals surface area contributed by atoms with E-state index in [1.807, 2.05) is 25.3 Å². The van der Waals surface area contributed by atoms with Gasteiger partial charge in [-0.1, -0.05) is 0 Å². The molecule has 2 aromatic heterocycles. The summed E-state index contributed by atoms with van der Waals surface area (Å²) in [6.07, 6.45) is 3.00. The van der Waals surface area contributed by atoms with Crippen LogP contribution in [0.15, 0.2) is 17.8 Å². The monoisotopic (exact) mass is 245 g/mol.